The van der Waals surface area contributed by atoms with Crippen LogP contribution in [0, 0.1) is 10.1 Å². The monoisotopic (exact) mass is 521 g/mol. The van der Waals surface area contributed by atoms with Gasteiger partial charge in [0, 0.05) is 29.4 Å². The molecule has 0 unspecified atom stereocenters. The maximum Gasteiger partial charge on any atom is 0.338 e. The SMILES string of the molecule is CC(C)OC(=O)c1ccc(NC(=O)c2ccc(NC(=O)c3ccc([N+](=O)[O-])cc3)cc2O)c(OC(C)C)c1. The highest BCUT2D eigenvalue weighted by Crippen LogP contribution is 2.30. The minimum atomic E-state index is -0.651. The van der Waals surface area contributed by atoms with E-state index in [2.05, 4.69) is 10.6 Å². The summed E-state index contributed by atoms with van der Waals surface area (Å²) in [6, 6.07) is 13.4. The Kier molecular flexibility index (Phi) is 8.64. The molecule has 3 aromatic rings. The van der Waals surface area contributed by atoms with E-state index in [-0.39, 0.29) is 51.7 Å². The maximum atomic E-state index is 12.9. The zero-order chi connectivity index (χ0) is 28.0. The van der Waals surface area contributed by atoms with Gasteiger partial charge in [0.05, 0.1) is 33.9 Å². The molecule has 0 radical (unpaired) electrons. The van der Waals surface area contributed by atoms with Crippen LogP contribution in [0.4, 0.5) is 17.1 Å². The smallest absolute Gasteiger partial charge is 0.338 e. The minimum absolute atomic E-state index is 0.0721. The first-order valence-corrected chi connectivity index (χ1v) is 11.7. The molecule has 0 aliphatic carbocycles. The van der Waals surface area contributed by atoms with Crippen molar-refractivity contribution < 1.29 is 33.9 Å². The van der Waals surface area contributed by atoms with E-state index in [0.717, 1.165) is 0 Å². The summed E-state index contributed by atoms with van der Waals surface area (Å²) in [5.74, 6) is -1.88. The molecule has 11 heteroatoms. The molecule has 38 heavy (non-hydrogen) atoms. The summed E-state index contributed by atoms with van der Waals surface area (Å²) >= 11 is 0. The summed E-state index contributed by atoms with van der Waals surface area (Å²) in [4.78, 5) is 47.8. The molecule has 0 bridgehead atoms. The molecule has 0 saturated carbocycles. The van der Waals surface area contributed by atoms with Gasteiger partial charge < -0.3 is 25.2 Å². The first-order valence-electron chi connectivity index (χ1n) is 11.7. The molecule has 0 atom stereocenters. The highest BCUT2D eigenvalue weighted by atomic mass is 16.6. The van der Waals surface area contributed by atoms with Crippen LogP contribution < -0.4 is 15.4 Å². The predicted molar refractivity (Wildman–Crippen MR) is 140 cm³/mol. The number of nitro benzene ring substituents is 1. The molecule has 0 aliphatic rings. The Hall–Kier alpha value is -4.93. The number of nitrogens with zero attached hydrogens (tertiary/aromatic N) is 1. The molecular formula is C27H27N3O8. The van der Waals surface area contributed by atoms with Crippen molar-refractivity contribution in [2.24, 2.45) is 0 Å². The number of anilines is 2. The second kappa shape index (κ2) is 11.9. The lowest BCUT2D eigenvalue weighted by molar-refractivity contribution is -0.384. The van der Waals surface area contributed by atoms with Gasteiger partial charge >= 0.3 is 5.97 Å². The Labute approximate surface area is 218 Å². The summed E-state index contributed by atoms with van der Waals surface area (Å²) < 4.78 is 11.0. The summed E-state index contributed by atoms with van der Waals surface area (Å²) in [7, 11) is 0. The van der Waals surface area contributed by atoms with Crippen molar-refractivity contribution in [3.63, 3.8) is 0 Å². The third-order valence-electron chi connectivity index (χ3n) is 5.01. The standard InChI is InChI=1S/C27H27N3O8/c1-15(2)37-24-13-18(27(34)38-16(3)4)7-12-22(24)29-26(33)21-11-8-19(14-23(21)31)28-25(32)17-5-9-20(10-6-17)30(35)36/h5-16,31H,1-4H3,(H,28,32)(H,29,33). The van der Waals surface area contributed by atoms with Crippen LogP contribution in [0.1, 0.15) is 58.8 Å². The fraction of sp³-hybridized carbons (Fsp3) is 0.222. The van der Waals surface area contributed by atoms with Crippen LogP contribution >= 0.6 is 0 Å². The van der Waals surface area contributed by atoms with Gasteiger partial charge in [0.1, 0.15) is 11.5 Å². The number of nitrogens with one attached hydrogen (secondary N) is 2. The number of nitro groups is 1. The third-order valence-corrected chi connectivity index (χ3v) is 5.01. The van der Waals surface area contributed by atoms with Gasteiger partial charge in [0.15, 0.2) is 0 Å². The number of benzene rings is 3. The molecule has 3 rings (SSSR count). The number of phenolic OH excluding ortho intramolecular Hbond substituents is 1. The summed E-state index contributed by atoms with van der Waals surface area (Å²) in [6.07, 6.45) is -0.560. The van der Waals surface area contributed by atoms with Gasteiger partial charge in [-0.1, -0.05) is 0 Å². The van der Waals surface area contributed by atoms with Crippen molar-refractivity contribution in [2.75, 3.05) is 10.6 Å². The second-order valence-electron chi connectivity index (χ2n) is 8.78. The van der Waals surface area contributed by atoms with E-state index in [1.54, 1.807) is 27.7 Å². The fourth-order valence-electron chi connectivity index (χ4n) is 3.31. The first kappa shape index (κ1) is 27.7. The minimum Gasteiger partial charge on any atom is -0.507 e. The Balaban J connectivity index is 1.76. The molecule has 3 aromatic carbocycles. The number of carbonyl (C=O) groups is 3. The van der Waals surface area contributed by atoms with E-state index in [1.165, 1.54) is 60.7 Å². The topological polar surface area (TPSA) is 157 Å². The number of hydrogen-bond acceptors (Lipinski definition) is 8. The van der Waals surface area contributed by atoms with Crippen molar-refractivity contribution >= 4 is 34.8 Å². The first-order chi connectivity index (χ1) is 17.9. The number of aromatic hydroxyl groups is 1. The van der Waals surface area contributed by atoms with Gasteiger partial charge in [-0.3, -0.25) is 19.7 Å². The van der Waals surface area contributed by atoms with E-state index in [0.29, 0.717) is 0 Å². The summed E-state index contributed by atoms with van der Waals surface area (Å²) in [5, 5.41) is 26.5. The van der Waals surface area contributed by atoms with Crippen molar-refractivity contribution in [3.8, 4) is 11.5 Å². The number of non-ortho nitro benzene ring substituents is 1. The van der Waals surface area contributed by atoms with Crippen LogP contribution in [0.2, 0.25) is 0 Å². The van der Waals surface area contributed by atoms with Crippen LogP contribution in [0.15, 0.2) is 60.7 Å². The highest BCUT2D eigenvalue weighted by Gasteiger charge is 2.19. The third kappa shape index (κ3) is 7.06. The lowest BCUT2D eigenvalue weighted by Gasteiger charge is -2.17. The quantitative estimate of drug-likeness (QED) is 0.198. The van der Waals surface area contributed by atoms with Gasteiger partial charge in [-0.25, -0.2) is 4.79 Å². The molecule has 11 nitrogen and oxygen atoms in total. The molecular weight excluding hydrogens is 494 g/mol. The number of rotatable bonds is 9. The average molecular weight is 522 g/mol. The van der Waals surface area contributed by atoms with E-state index >= 15 is 0 Å². The summed E-state index contributed by atoms with van der Waals surface area (Å²) in [6.45, 7) is 7.05. The van der Waals surface area contributed by atoms with Gasteiger partial charge in [0.2, 0.25) is 0 Å². The zero-order valence-electron chi connectivity index (χ0n) is 21.2. The van der Waals surface area contributed by atoms with Crippen molar-refractivity contribution in [1.82, 2.24) is 0 Å². The van der Waals surface area contributed by atoms with Gasteiger partial charge in [-0.05, 0) is 70.2 Å². The largest absolute Gasteiger partial charge is 0.507 e. The van der Waals surface area contributed by atoms with Crippen LogP contribution in [0.25, 0.3) is 0 Å². The Morgan fingerprint density at radius 1 is 0.842 bits per heavy atom. The van der Waals surface area contributed by atoms with Crippen LogP contribution in [-0.2, 0) is 4.74 Å². The van der Waals surface area contributed by atoms with Crippen LogP contribution in [-0.4, -0.2) is 40.0 Å². The van der Waals surface area contributed by atoms with Gasteiger partial charge in [-0.15, -0.1) is 0 Å². The molecule has 0 saturated heterocycles. The van der Waals surface area contributed by atoms with E-state index < -0.39 is 28.5 Å². The van der Waals surface area contributed by atoms with E-state index in [1.807, 2.05) is 0 Å². The summed E-state index contributed by atoms with van der Waals surface area (Å²) in [5.41, 5.74) is 0.691. The molecule has 2 amide bonds. The molecule has 198 valence electrons. The Morgan fingerprint density at radius 3 is 2.08 bits per heavy atom. The van der Waals surface area contributed by atoms with Crippen molar-refractivity contribution in [1.29, 1.82) is 0 Å². The predicted octanol–water partition coefficient (Wildman–Crippen LogP) is 5.16. The highest BCUT2D eigenvalue weighted by molar-refractivity contribution is 6.08. The van der Waals surface area contributed by atoms with Gasteiger partial charge in [0.25, 0.3) is 17.5 Å². The van der Waals surface area contributed by atoms with E-state index in [9.17, 15) is 29.6 Å². The lowest BCUT2D eigenvalue weighted by atomic mass is 10.1. The molecule has 0 aliphatic heterocycles. The van der Waals surface area contributed by atoms with Crippen molar-refractivity contribution in [2.45, 2.75) is 39.9 Å². The molecule has 3 N–H and O–H groups in total. The van der Waals surface area contributed by atoms with Crippen LogP contribution in [0.5, 0.6) is 11.5 Å². The lowest BCUT2D eigenvalue weighted by Crippen LogP contribution is -2.17. The average Bonchev–Trinajstić information content (AvgIpc) is 2.84. The van der Waals surface area contributed by atoms with Gasteiger partial charge in [-0.2, -0.15) is 0 Å². The maximum absolute atomic E-state index is 12.9. The number of hydrogen-bond donors (Lipinski definition) is 3. The molecule has 0 aromatic heterocycles. The molecule has 0 fully saturated rings. The number of esters is 1. The molecule has 0 spiro atoms. The van der Waals surface area contributed by atoms with E-state index in [4.69, 9.17) is 9.47 Å². The second-order valence-corrected chi connectivity index (χ2v) is 8.78. The van der Waals surface area contributed by atoms with Crippen molar-refractivity contribution in [3.05, 3.63) is 87.5 Å². The number of ether oxygens (including phenoxy) is 2. The normalized spacial score (nSPS) is 10.7. The Morgan fingerprint density at radius 2 is 1.50 bits per heavy atom. The number of amides is 2. The number of carbonyl (C=O) groups excluding carboxylic acids is 3. The van der Waals surface area contributed by atoms with Crippen LogP contribution in [0.3, 0.4) is 0 Å². The fourth-order valence-corrected chi connectivity index (χ4v) is 3.31. The zero-order valence-corrected chi connectivity index (χ0v) is 21.2. The number of phenols is 1. The Bertz CT molecular complexity index is 1370. The molecule has 0 heterocycles.